The Labute approximate surface area is 161 Å². The summed E-state index contributed by atoms with van der Waals surface area (Å²) in [5, 5.41) is 11.6. The van der Waals surface area contributed by atoms with E-state index in [9.17, 15) is 18.0 Å². The van der Waals surface area contributed by atoms with E-state index in [2.05, 4.69) is 10.0 Å². The Balaban J connectivity index is 2.47. The molecule has 0 aliphatic rings. The second kappa shape index (κ2) is 8.31. The number of anilines is 2. The smallest absolute Gasteiger partial charge is 0.335 e. The van der Waals surface area contributed by atoms with Crippen molar-refractivity contribution < 1.29 is 27.9 Å². The lowest BCUT2D eigenvalue weighted by molar-refractivity contribution is -0.114. The van der Waals surface area contributed by atoms with Crippen LogP contribution in [-0.4, -0.2) is 38.8 Å². The highest BCUT2D eigenvalue weighted by molar-refractivity contribution is 7.99. The number of hydrogen-bond acceptors (Lipinski definition) is 6. The highest BCUT2D eigenvalue weighted by Crippen LogP contribution is 2.32. The van der Waals surface area contributed by atoms with Crippen molar-refractivity contribution in [3.05, 3.63) is 42.0 Å². The Morgan fingerprint density at radius 3 is 2.41 bits per heavy atom. The molecule has 1 amide bonds. The molecule has 0 aliphatic carbocycles. The van der Waals surface area contributed by atoms with E-state index in [1.54, 1.807) is 6.26 Å². The highest BCUT2D eigenvalue weighted by atomic mass is 32.2. The van der Waals surface area contributed by atoms with Gasteiger partial charge in [-0.3, -0.25) is 9.52 Å². The number of aromatic carboxylic acids is 1. The first-order valence-corrected chi connectivity index (χ1v) is 10.3. The first-order chi connectivity index (χ1) is 12.7. The van der Waals surface area contributed by atoms with Crippen LogP contribution in [0.3, 0.4) is 0 Å². The number of methoxy groups -OCH3 is 1. The average molecular weight is 410 g/mol. The number of benzene rings is 2. The molecule has 0 radical (unpaired) electrons. The Hall–Kier alpha value is -2.72. The quantitative estimate of drug-likeness (QED) is 0.600. The van der Waals surface area contributed by atoms with E-state index in [4.69, 9.17) is 9.84 Å². The fraction of sp³-hybridized carbons (Fsp3) is 0.176. The first kappa shape index (κ1) is 20.6. The van der Waals surface area contributed by atoms with Crippen LogP contribution in [0, 0.1) is 0 Å². The van der Waals surface area contributed by atoms with E-state index in [0.717, 1.165) is 0 Å². The molecule has 0 saturated carbocycles. The maximum atomic E-state index is 12.9. The van der Waals surface area contributed by atoms with Gasteiger partial charge < -0.3 is 15.2 Å². The number of rotatable bonds is 7. The standard InChI is InChI=1S/C17H18N2O6S2/c1-10(20)18-12-5-7-14(25-2)16(9-12)27(23,24)19-13-6-4-11(17(21)22)8-15(13)26-3/h4-9,19H,1-3H3,(H,18,20)(H,21,22). The lowest BCUT2D eigenvalue weighted by Crippen LogP contribution is -2.16. The van der Waals surface area contributed by atoms with Crippen LogP contribution in [-0.2, 0) is 14.8 Å². The van der Waals surface area contributed by atoms with Gasteiger partial charge >= 0.3 is 5.97 Å². The topological polar surface area (TPSA) is 122 Å². The number of carbonyl (C=O) groups excluding carboxylic acids is 1. The number of carboxylic acids is 1. The van der Waals surface area contributed by atoms with Gasteiger partial charge in [-0.1, -0.05) is 0 Å². The molecule has 2 rings (SSSR count). The Morgan fingerprint density at radius 2 is 1.85 bits per heavy atom. The van der Waals surface area contributed by atoms with Crippen molar-refractivity contribution in [2.45, 2.75) is 16.7 Å². The van der Waals surface area contributed by atoms with Crippen LogP contribution in [0.5, 0.6) is 5.75 Å². The molecular weight excluding hydrogens is 392 g/mol. The number of ether oxygens (including phenoxy) is 1. The number of carboxylic acid groups (broad SMARTS) is 1. The summed E-state index contributed by atoms with van der Waals surface area (Å²) in [6.45, 7) is 1.31. The van der Waals surface area contributed by atoms with Crippen LogP contribution in [0.2, 0.25) is 0 Å². The minimum Gasteiger partial charge on any atom is -0.495 e. The molecule has 0 fully saturated rings. The summed E-state index contributed by atoms with van der Waals surface area (Å²) < 4.78 is 33.3. The van der Waals surface area contributed by atoms with Gasteiger partial charge in [0.15, 0.2) is 0 Å². The summed E-state index contributed by atoms with van der Waals surface area (Å²) in [5.74, 6) is -1.35. The molecule has 0 unspecified atom stereocenters. The Bertz CT molecular complexity index is 989. The first-order valence-electron chi connectivity index (χ1n) is 7.57. The van der Waals surface area contributed by atoms with Gasteiger partial charge in [0.05, 0.1) is 18.4 Å². The number of carbonyl (C=O) groups is 2. The minimum atomic E-state index is -4.07. The highest BCUT2D eigenvalue weighted by Gasteiger charge is 2.22. The number of sulfonamides is 1. The molecule has 0 saturated heterocycles. The van der Waals surface area contributed by atoms with Gasteiger partial charge in [0.2, 0.25) is 5.91 Å². The second-order valence-electron chi connectivity index (χ2n) is 5.37. The Kier molecular flexibility index (Phi) is 6.34. The maximum absolute atomic E-state index is 12.9. The van der Waals surface area contributed by atoms with Crippen molar-refractivity contribution in [2.24, 2.45) is 0 Å². The zero-order valence-electron chi connectivity index (χ0n) is 14.8. The third kappa shape index (κ3) is 4.92. The van der Waals surface area contributed by atoms with Crippen molar-refractivity contribution in [3.8, 4) is 5.75 Å². The molecule has 144 valence electrons. The molecule has 10 heteroatoms. The number of hydrogen-bond donors (Lipinski definition) is 3. The van der Waals surface area contributed by atoms with Crippen LogP contribution in [0.25, 0.3) is 0 Å². The van der Waals surface area contributed by atoms with E-state index in [0.29, 0.717) is 10.6 Å². The lowest BCUT2D eigenvalue weighted by Gasteiger charge is -2.15. The summed E-state index contributed by atoms with van der Waals surface area (Å²) >= 11 is 1.21. The minimum absolute atomic E-state index is 0.0486. The van der Waals surface area contributed by atoms with Gasteiger partial charge in [-0.15, -0.1) is 11.8 Å². The summed E-state index contributed by atoms with van der Waals surface area (Å²) in [6, 6.07) is 8.32. The third-order valence-corrected chi connectivity index (χ3v) is 5.63. The number of thioether (sulfide) groups is 1. The Morgan fingerprint density at radius 1 is 1.15 bits per heavy atom. The zero-order chi connectivity index (χ0) is 20.2. The van der Waals surface area contributed by atoms with Crippen molar-refractivity contribution in [2.75, 3.05) is 23.4 Å². The molecular formula is C17H18N2O6S2. The molecule has 0 aromatic heterocycles. The number of nitrogens with one attached hydrogen (secondary N) is 2. The van der Waals surface area contributed by atoms with Crippen molar-refractivity contribution >= 4 is 45.0 Å². The molecule has 0 spiro atoms. The van der Waals surface area contributed by atoms with E-state index in [1.807, 2.05) is 0 Å². The second-order valence-corrected chi connectivity index (χ2v) is 7.87. The van der Waals surface area contributed by atoms with Gasteiger partial charge in [-0.2, -0.15) is 0 Å². The van der Waals surface area contributed by atoms with E-state index >= 15 is 0 Å². The molecule has 8 nitrogen and oxygen atoms in total. The summed E-state index contributed by atoms with van der Waals surface area (Å²) in [5.41, 5.74) is 0.585. The van der Waals surface area contributed by atoms with Crippen LogP contribution in [0.1, 0.15) is 17.3 Å². The summed E-state index contributed by atoms with van der Waals surface area (Å²) in [7, 11) is -2.73. The molecule has 2 aromatic carbocycles. The average Bonchev–Trinajstić information content (AvgIpc) is 2.61. The fourth-order valence-corrected chi connectivity index (χ4v) is 4.20. The van der Waals surface area contributed by atoms with Crippen LogP contribution in [0.4, 0.5) is 11.4 Å². The van der Waals surface area contributed by atoms with Crippen LogP contribution in [0.15, 0.2) is 46.2 Å². The molecule has 0 atom stereocenters. The van der Waals surface area contributed by atoms with Gasteiger partial charge in [0.25, 0.3) is 10.0 Å². The predicted octanol–water partition coefficient (Wildman–Crippen LogP) is 2.87. The molecule has 0 heterocycles. The SMILES string of the molecule is COc1ccc(NC(C)=O)cc1S(=O)(=O)Nc1ccc(C(=O)O)cc1SC. The van der Waals surface area contributed by atoms with Crippen molar-refractivity contribution in [1.82, 2.24) is 0 Å². The number of amides is 1. The molecule has 27 heavy (non-hydrogen) atoms. The molecule has 0 aliphatic heterocycles. The van der Waals surface area contributed by atoms with Crippen molar-refractivity contribution in [3.63, 3.8) is 0 Å². The van der Waals surface area contributed by atoms with E-state index < -0.39 is 16.0 Å². The molecule has 2 aromatic rings. The molecule has 0 bridgehead atoms. The largest absolute Gasteiger partial charge is 0.495 e. The third-order valence-electron chi connectivity index (χ3n) is 3.47. The monoisotopic (exact) mass is 410 g/mol. The maximum Gasteiger partial charge on any atom is 0.335 e. The fourth-order valence-electron chi connectivity index (χ4n) is 2.28. The summed E-state index contributed by atoms with van der Waals surface area (Å²) in [4.78, 5) is 22.6. The van der Waals surface area contributed by atoms with Gasteiger partial charge in [-0.25, -0.2) is 13.2 Å². The van der Waals surface area contributed by atoms with Crippen molar-refractivity contribution in [1.29, 1.82) is 0 Å². The normalized spacial score (nSPS) is 10.9. The van der Waals surface area contributed by atoms with E-state index in [1.165, 1.54) is 62.2 Å². The van der Waals surface area contributed by atoms with Gasteiger partial charge in [-0.05, 0) is 42.7 Å². The van der Waals surface area contributed by atoms with Crippen LogP contribution < -0.4 is 14.8 Å². The van der Waals surface area contributed by atoms with Crippen LogP contribution >= 0.6 is 11.8 Å². The summed E-state index contributed by atoms with van der Waals surface area (Å²) in [6.07, 6.45) is 1.71. The lowest BCUT2D eigenvalue weighted by atomic mass is 10.2. The van der Waals surface area contributed by atoms with Gasteiger partial charge in [0, 0.05) is 17.5 Å². The predicted molar refractivity (Wildman–Crippen MR) is 103 cm³/mol. The molecule has 3 N–H and O–H groups in total. The van der Waals surface area contributed by atoms with E-state index in [-0.39, 0.29) is 27.8 Å². The van der Waals surface area contributed by atoms with Gasteiger partial charge in [0.1, 0.15) is 10.6 Å². The zero-order valence-corrected chi connectivity index (χ0v) is 16.4.